The summed E-state index contributed by atoms with van der Waals surface area (Å²) < 4.78 is 137. The van der Waals surface area contributed by atoms with Crippen LogP contribution in [0.1, 0.15) is 48.8 Å². The minimum absolute atomic E-state index is 0.0523. The molecule has 46 heavy (non-hydrogen) atoms. The van der Waals surface area contributed by atoms with E-state index in [0.717, 1.165) is 34.1 Å². The van der Waals surface area contributed by atoms with Crippen molar-refractivity contribution < 1.29 is 63.0 Å². The number of aryl methyl sites for hydroxylation is 1. The monoisotopic (exact) mass is 682 g/mol. The molecule has 250 valence electrons. The second-order valence-electron chi connectivity index (χ2n) is 11.5. The third-order valence-electron chi connectivity index (χ3n) is 9.15. The second-order valence-corrected chi connectivity index (χ2v) is 13.7. The first-order valence-corrected chi connectivity index (χ1v) is 15.5. The molecule has 8 nitrogen and oxygen atoms in total. The van der Waals surface area contributed by atoms with Crippen LogP contribution in [0.25, 0.3) is 0 Å². The molecule has 0 radical (unpaired) electrons. The highest BCUT2D eigenvalue weighted by atomic mass is 32.2. The molecule has 0 bridgehead atoms. The van der Waals surface area contributed by atoms with Crippen LogP contribution in [-0.2, 0) is 41.1 Å². The SMILES string of the molecule is O=C(O)[C@@H]1CCC(=O)N1CC(=O)N1CC[C@@]2(S(=O)(=O)c3ccc(F)cc3)c3ccc(C(F)(C(F)(F)F)C(F)(F)F)cc3CCC[C@@H]12. The molecule has 2 aromatic carbocycles. The molecule has 17 heteroatoms. The predicted molar refractivity (Wildman–Crippen MR) is 142 cm³/mol. The number of fused-ring (bicyclic) bond motifs is 3. The van der Waals surface area contributed by atoms with Gasteiger partial charge in [0.1, 0.15) is 23.2 Å². The number of carboxylic acid groups (broad SMARTS) is 1. The van der Waals surface area contributed by atoms with Gasteiger partial charge in [0.05, 0.1) is 10.9 Å². The van der Waals surface area contributed by atoms with Crippen LogP contribution in [0.2, 0.25) is 0 Å². The Morgan fingerprint density at radius 3 is 2.15 bits per heavy atom. The van der Waals surface area contributed by atoms with E-state index in [1.165, 1.54) is 0 Å². The number of nitrogens with zero attached hydrogens (tertiary/aromatic N) is 2. The van der Waals surface area contributed by atoms with E-state index in [0.29, 0.717) is 12.1 Å². The lowest BCUT2D eigenvalue weighted by atomic mass is 9.84. The third-order valence-corrected chi connectivity index (χ3v) is 11.7. The number of halogens is 8. The number of hydrogen-bond donors (Lipinski definition) is 1. The molecule has 0 spiro atoms. The number of benzene rings is 2. The molecule has 2 saturated heterocycles. The van der Waals surface area contributed by atoms with E-state index in [-0.39, 0.29) is 55.8 Å². The molecule has 0 unspecified atom stereocenters. The van der Waals surface area contributed by atoms with Gasteiger partial charge in [-0.2, -0.15) is 26.3 Å². The van der Waals surface area contributed by atoms with Crippen molar-refractivity contribution >= 4 is 27.6 Å². The Labute approximate surface area is 256 Å². The van der Waals surface area contributed by atoms with E-state index in [9.17, 15) is 58.6 Å². The molecule has 3 aliphatic rings. The maximum absolute atomic E-state index is 15.1. The normalized spacial score (nSPS) is 24.0. The predicted octanol–water partition coefficient (Wildman–Crippen LogP) is 4.80. The lowest BCUT2D eigenvalue weighted by Crippen LogP contribution is -2.52. The molecule has 0 saturated carbocycles. The summed E-state index contributed by atoms with van der Waals surface area (Å²) in [4.78, 5) is 39.2. The van der Waals surface area contributed by atoms with Crippen molar-refractivity contribution in [2.75, 3.05) is 13.1 Å². The summed E-state index contributed by atoms with van der Waals surface area (Å²) in [6, 6.07) is 2.24. The van der Waals surface area contributed by atoms with Gasteiger partial charge in [-0.3, -0.25) is 9.59 Å². The first-order chi connectivity index (χ1) is 21.3. The van der Waals surface area contributed by atoms with Gasteiger partial charge in [-0.15, -0.1) is 0 Å². The molecule has 1 N–H and O–H groups in total. The second kappa shape index (κ2) is 11.2. The van der Waals surface area contributed by atoms with Crippen LogP contribution >= 0.6 is 0 Å². The fourth-order valence-electron chi connectivity index (χ4n) is 6.97. The van der Waals surface area contributed by atoms with Crippen LogP contribution in [0.15, 0.2) is 47.4 Å². The van der Waals surface area contributed by atoms with Gasteiger partial charge in [0, 0.05) is 18.5 Å². The van der Waals surface area contributed by atoms with Gasteiger partial charge in [0.2, 0.25) is 11.8 Å². The number of carbonyl (C=O) groups excluding carboxylic acids is 2. The minimum atomic E-state index is -6.41. The van der Waals surface area contributed by atoms with Crippen LogP contribution in [0.5, 0.6) is 0 Å². The number of hydrogen-bond acceptors (Lipinski definition) is 5. The van der Waals surface area contributed by atoms with Crippen LogP contribution in [0.4, 0.5) is 35.1 Å². The smallest absolute Gasteiger partial charge is 0.435 e. The number of carboxylic acids is 1. The van der Waals surface area contributed by atoms with Gasteiger partial charge in [-0.1, -0.05) is 18.2 Å². The fraction of sp³-hybridized carbons (Fsp3) is 0.483. The molecule has 3 atom stereocenters. The molecular weight excluding hydrogens is 656 g/mol. The van der Waals surface area contributed by atoms with Crippen molar-refractivity contribution in [3.8, 4) is 0 Å². The summed E-state index contributed by atoms with van der Waals surface area (Å²) in [7, 11) is -4.72. The van der Waals surface area contributed by atoms with Gasteiger partial charge < -0.3 is 14.9 Å². The molecule has 2 amide bonds. The van der Waals surface area contributed by atoms with E-state index < -0.39 is 91.7 Å². The van der Waals surface area contributed by atoms with Crippen LogP contribution in [0.3, 0.4) is 0 Å². The average molecular weight is 683 g/mol. The Kier molecular flexibility index (Phi) is 8.18. The molecule has 5 rings (SSSR count). The topological polar surface area (TPSA) is 112 Å². The first kappa shape index (κ1) is 33.6. The molecule has 2 aromatic rings. The van der Waals surface area contributed by atoms with E-state index in [1.807, 2.05) is 0 Å². The molecular formula is C29H26F8N2O6S. The van der Waals surface area contributed by atoms with Crippen molar-refractivity contribution in [1.29, 1.82) is 0 Å². The lowest BCUT2D eigenvalue weighted by molar-refractivity contribution is -0.348. The van der Waals surface area contributed by atoms with Gasteiger partial charge in [-0.05, 0) is 67.5 Å². The zero-order chi connectivity index (χ0) is 34.0. The minimum Gasteiger partial charge on any atom is -0.480 e. The summed E-state index contributed by atoms with van der Waals surface area (Å²) in [5.41, 5.74) is -8.12. The van der Waals surface area contributed by atoms with Crippen molar-refractivity contribution in [3.63, 3.8) is 0 Å². The maximum Gasteiger partial charge on any atom is 0.435 e. The maximum atomic E-state index is 15.1. The summed E-state index contributed by atoms with van der Waals surface area (Å²) in [5, 5.41) is 9.49. The summed E-state index contributed by atoms with van der Waals surface area (Å²) in [6.07, 6.45) is -13.9. The summed E-state index contributed by atoms with van der Waals surface area (Å²) >= 11 is 0. The number of rotatable bonds is 6. The Morgan fingerprint density at radius 1 is 0.935 bits per heavy atom. The van der Waals surface area contributed by atoms with E-state index in [2.05, 4.69) is 0 Å². The average Bonchev–Trinajstić information content (AvgIpc) is 3.48. The van der Waals surface area contributed by atoms with Crippen LogP contribution in [0, 0.1) is 5.82 Å². The Morgan fingerprint density at radius 2 is 1.57 bits per heavy atom. The van der Waals surface area contributed by atoms with E-state index in [4.69, 9.17) is 0 Å². The summed E-state index contributed by atoms with van der Waals surface area (Å²) in [5.74, 6) is -3.59. The largest absolute Gasteiger partial charge is 0.480 e. The quantitative estimate of drug-likeness (QED) is 0.347. The van der Waals surface area contributed by atoms with Crippen molar-refractivity contribution in [2.45, 2.75) is 78.3 Å². The Bertz CT molecular complexity index is 1660. The van der Waals surface area contributed by atoms with Crippen LogP contribution < -0.4 is 0 Å². The number of likely N-dealkylation sites (tertiary alicyclic amines) is 2. The van der Waals surface area contributed by atoms with E-state index >= 15 is 4.39 Å². The molecule has 2 heterocycles. The standard InChI is InChI=1S/C29H26F8N2O6S/c30-18-5-7-19(8-6-18)46(44,45)26-12-13-38(24(41)15-39-21(25(42)43)10-11-23(39)40)22(26)3-1-2-16-14-17(4-9-20(16)26)27(31,28(32,33)34)29(35,36)37/h4-9,14,21-22H,1-3,10-13,15H2,(H,42,43)/t21-,22+,26+/m0/s1. The molecule has 1 aliphatic carbocycles. The Balaban J connectivity index is 1.66. The van der Waals surface area contributed by atoms with Crippen molar-refractivity contribution in [1.82, 2.24) is 9.80 Å². The molecule has 2 aliphatic heterocycles. The molecule has 0 aromatic heterocycles. The highest BCUT2D eigenvalue weighted by Gasteiger charge is 2.73. The van der Waals surface area contributed by atoms with E-state index in [1.54, 1.807) is 0 Å². The van der Waals surface area contributed by atoms with Gasteiger partial charge in [0.15, 0.2) is 9.84 Å². The third kappa shape index (κ3) is 5.01. The van der Waals surface area contributed by atoms with Crippen molar-refractivity contribution in [3.05, 3.63) is 65.0 Å². The van der Waals surface area contributed by atoms with Crippen molar-refractivity contribution in [2.24, 2.45) is 0 Å². The number of carbonyl (C=O) groups is 3. The number of aliphatic carboxylic acids is 1. The lowest BCUT2D eigenvalue weighted by Gasteiger charge is -2.38. The zero-order valence-electron chi connectivity index (χ0n) is 23.7. The highest BCUT2D eigenvalue weighted by Crippen LogP contribution is 2.56. The summed E-state index contributed by atoms with van der Waals surface area (Å²) in [6.45, 7) is -1.02. The highest BCUT2D eigenvalue weighted by molar-refractivity contribution is 7.92. The number of alkyl halides is 7. The van der Waals surface area contributed by atoms with Gasteiger partial charge >= 0.3 is 24.0 Å². The fourth-order valence-corrected chi connectivity index (χ4v) is 9.34. The molecule has 2 fully saturated rings. The van der Waals surface area contributed by atoms with Gasteiger partial charge in [0.25, 0.3) is 0 Å². The Hall–Kier alpha value is -3.76. The zero-order valence-corrected chi connectivity index (χ0v) is 24.5. The number of sulfone groups is 1. The van der Waals surface area contributed by atoms with Gasteiger partial charge in [-0.25, -0.2) is 22.0 Å². The number of amides is 2. The first-order valence-electron chi connectivity index (χ1n) is 14.1. The van der Waals surface area contributed by atoms with Crippen LogP contribution in [-0.4, -0.2) is 78.6 Å².